The second kappa shape index (κ2) is 7.12. The maximum atomic E-state index is 6.04. The van der Waals surface area contributed by atoms with E-state index in [2.05, 4.69) is 27.8 Å². The molecule has 1 fully saturated rings. The van der Waals surface area contributed by atoms with Gasteiger partial charge in [-0.05, 0) is 74.4 Å². The van der Waals surface area contributed by atoms with Crippen molar-refractivity contribution in [2.75, 3.05) is 25.0 Å². The van der Waals surface area contributed by atoms with Gasteiger partial charge in [0.2, 0.25) is 0 Å². The molecule has 0 aliphatic heterocycles. The molecule has 4 heteroatoms. The summed E-state index contributed by atoms with van der Waals surface area (Å²) in [5, 5.41) is 9.02. The fraction of sp³-hybridized carbons (Fsp3) is 0.450. The molecule has 0 saturated heterocycles. The molecule has 0 radical (unpaired) electrons. The first-order valence-electron chi connectivity index (χ1n) is 8.97. The molecule has 1 aromatic carbocycles. The number of allylic oxidation sites excluding steroid dienone is 2. The fourth-order valence-electron chi connectivity index (χ4n) is 4.13. The van der Waals surface area contributed by atoms with Crippen molar-refractivity contribution in [2.45, 2.75) is 19.3 Å². The third-order valence-electron chi connectivity index (χ3n) is 5.37. The summed E-state index contributed by atoms with van der Waals surface area (Å²) in [6.07, 6.45) is 10.6. The number of pyridine rings is 1. The van der Waals surface area contributed by atoms with Crippen LogP contribution in [0.25, 0.3) is 10.9 Å². The van der Waals surface area contributed by atoms with Crippen molar-refractivity contribution < 1.29 is 0 Å². The standard InChI is InChI=1S/C20H24ClN3/c21-17-4-5-18-19(6-9-24-20(18)12-17)23-8-1-7-22-13-16-11-14-2-3-15(16)10-14/h2-6,9,12,14-16,22H,1,7-8,10-11,13H2,(H,23,24)/t14-,15+,16-/m0/s1. The lowest BCUT2D eigenvalue weighted by Crippen LogP contribution is -2.27. The van der Waals surface area contributed by atoms with Crippen molar-refractivity contribution >= 4 is 28.2 Å². The van der Waals surface area contributed by atoms with E-state index in [1.807, 2.05) is 30.5 Å². The minimum atomic E-state index is 0.729. The van der Waals surface area contributed by atoms with Gasteiger partial charge in [-0.2, -0.15) is 0 Å². The molecule has 126 valence electrons. The van der Waals surface area contributed by atoms with Crippen LogP contribution in [-0.2, 0) is 0 Å². The van der Waals surface area contributed by atoms with Gasteiger partial charge in [0.05, 0.1) is 5.52 Å². The molecule has 1 saturated carbocycles. The van der Waals surface area contributed by atoms with Crippen LogP contribution in [0.5, 0.6) is 0 Å². The van der Waals surface area contributed by atoms with Gasteiger partial charge in [0.15, 0.2) is 0 Å². The predicted octanol–water partition coefficient (Wildman–Crippen LogP) is 4.49. The number of benzene rings is 1. The van der Waals surface area contributed by atoms with E-state index in [9.17, 15) is 0 Å². The van der Waals surface area contributed by atoms with Gasteiger partial charge in [0.25, 0.3) is 0 Å². The Hall–Kier alpha value is -1.58. The molecular weight excluding hydrogens is 318 g/mol. The smallest absolute Gasteiger partial charge is 0.0737 e. The monoisotopic (exact) mass is 341 g/mol. The van der Waals surface area contributed by atoms with Crippen molar-refractivity contribution in [3.05, 3.63) is 47.6 Å². The van der Waals surface area contributed by atoms with E-state index in [4.69, 9.17) is 11.6 Å². The van der Waals surface area contributed by atoms with Crippen molar-refractivity contribution in [1.29, 1.82) is 0 Å². The average Bonchev–Trinajstić information content (AvgIpc) is 3.20. The van der Waals surface area contributed by atoms with Crippen LogP contribution in [0.15, 0.2) is 42.6 Å². The Labute approximate surface area is 148 Å². The molecule has 0 unspecified atom stereocenters. The zero-order valence-electron chi connectivity index (χ0n) is 13.8. The van der Waals surface area contributed by atoms with Crippen molar-refractivity contribution in [2.24, 2.45) is 17.8 Å². The summed E-state index contributed by atoms with van der Waals surface area (Å²) in [5.74, 6) is 2.58. The van der Waals surface area contributed by atoms with Gasteiger partial charge in [-0.1, -0.05) is 23.8 Å². The molecule has 2 N–H and O–H groups in total. The van der Waals surface area contributed by atoms with E-state index in [0.717, 1.165) is 58.9 Å². The van der Waals surface area contributed by atoms with Crippen molar-refractivity contribution in [1.82, 2.24) is 10.3 Å². The summed E-state index contributed by atoms with van der Waals surface area (Å²) in [4.78, 5) is 4.38. The van der Waals surface area contributed by atoms with Gasteiger partial charge in [-0.25, -0.2) is 0 Å². The number of nitrogens with one attached hydrogen (secondary N) is 2. The van der Waals surface area contributed by atoms with Crippen LogP contribution in [-0.4, -0.2) is 24.6 Å². The van der Waals surface area contributed by atoms with Crippen LogP contribution in [0.1, 0.15) is 19.3 Å². The first kappa shape index (κ1) is 15.9. The van der Waals surface area contributed by atoms with E-state index < -0.39 is 0 Å². The number of halogens is 1. The molecule has 3 atom stereocenters. The minimum Gasteiger partial charge on any atom is -0.384 e. The Bertz CT molecular complexity index is 743. The summed E-state index contributed by atoms with van der Waals surface area (Å²) in [6, 6.07) is 7.90. The van der Waals surface area contributed by atoms with Gasteiger partial charge in [0, 0.05) is 28.8 Å². The third kappa shape index (κ3) is 3.42. The number of fused-ring (bicyclic) bond motifs is 3. The summed E-state index contributed by atoms with van der Waals surface area (Å²) >= 11 is 6.04. The molecule has 4 rings (SSSR count). The molecular formula is C20H24ClN3. The highest BCUT2D eigenvalue weighted by atomic mass is 35.5. The Morgan fingerprint density at radius 1 is 1.12 bits per heavy atom. The van der Waals surface area contributed by atoms with Gasteiger partial charge in [-0.15, -0.1) is 0 Å². The molecule has 3 nitrogen and oxygen atoms in total. The number of aromatic nitrogens is 1. The number of nitrogens with zero attached hydrogens (tertiary/aromatic N) is 1. The molecule has 2 aromatic rings. The van der Waals surface area contributed by atoms with Crippen LogP contribution < -0.4 is 10.6 Å². The number of hydrogen-bond donors (Lipinski definition) is 2. The number of anilines is 1. The molecule has 2 aliphatic rings. The van der Waals surface area contributed by atoms with Gasteiger partial charge in [0.1, 0.15) is 0 Å². The normalized spacial score (nSPS) is 24.8. The third-order valence-corrected chi connectivity index (χ3v) is 5.61. The Morgan fingerprint density at radius 3 is 2.92 bits per heavy atom. The first-order chi connectivity index (χ1) is 11.8. The van der Waals surface area contributed by atoms with E-state index in [-0.39, 0.29) is 0 Å². The lowest BCUT2D eigenvalue weighted by Gasteiger charge is -2.18. The summed E-state index contributed by atoms with van der Waals surface area (Å²) in [7, 11) is 0. The highest BCUT2D eigenvalue weighted by Crippen LogP contribution is 2.42. The fourth-order valence-corrected chi connectivity index (χ4v) is 4.29. The van der Waals surface area contributed by atoms with Crippen LogP contribution in [0.4, 0.5) is 5.69 Å². The summed E-state index contributed by atoms with van der Waals surface area (Å²) in [6.45, 7) is 3.20. The quantitative estimate of drug-likeness (QED) is 0.575. The van der Waals surface area contributed by atoms with Crippen LogP contribution in [0.2, 0.25) is 5.02 Å². The highest BCUT2D eigenvalue weighted by Gasteiger charge is 2.34. The van der Waals surface area contributed by atoms with E-state index >= 15 is 0 Å². The number of hydrogen-bond acceptors (Lipinski definition) is 3. The molecule has 1 heterocycles. The molecule has 0 amide bonds. The van der Waals surface area contributed by atoms with Gasteiger partial charge < -0.3 is 10.6 Å². The molecule has 2 aliphatic carbocycles. The average molecular weight is 342 g/mol. The number of rotatable bonds is 7. The SMILES string of the molecule is Clc1ccc2c(NCCCNC[C@@H]3C[C@H]4C=C[C@@H]3C4)ccnc2c1. The minimum absolute atomic E-state index is 0.729. The zero-order valence-corrected chi connectivity index (χ0v) is 14.6. The maximum Gasteiger partial charge on any atom is 0.0737 e. The Kier molecular flexibility index (Phi) is 4.72. The predicted molar refractivity (Wildman–Crippen MR) is 102 cm³/mol. The van der Waals surface area contributed by atoms with Gasteiger partial charge in [-0.3, -0.25) is 4.98 Å². The Morgan fingerprint density at radius 2 is 2.08 bits per heavy atom. The van der Waals surface area contributed by atoms with Crippen LogP contribution in [0.3, 0.4) is 0 Å². The van der Waals surface area contributed by atoms with Gasteiger partial charge >= 0.3 is 0 Å². The molecule has 2 bridgehead atoms. The topological polar surface area (TPSA) is 37.0 Å². The van der Waals surface area contributed by atoms with Crippen LogP contribution in [0, 0.1) is 17.8 Å². The lowest BCUT2D eigenvalue weighted by atomic mass is 9.94. The first-order valence-corrected chi connectivity index (χ1v) is 9.34. The summed E-state index contributed by atoms with van der Waals surface area (Å²) in [5.41, 5.74) is 2.07. The molecule has 24 heavy (non-hydrogen) atoms. The second-order valence-corrected chi connectivity index (χ2v) is 7.48. The van der Waals surface area contributed by atoms with E-state index in [1.165, 1.54) is 19.4 Å². The molecule has 0 spiro atoms. The van der Waals surface area contributed by atoms with E-state index in [0.29, 0.717) is 0 Å². The Balaban J connectivity index is 1.21. The van der Waals surface area contributed by atoms with Crippen molar-refractivity contribution in [3.8, 4) is 0 Å². The highest BCUT2D eigenvalue weighted by molar-refractivity contribution is 6.31. The van der Waals surface area contributed by atoms with Crippen LogP contribution >= 0.6 is 11.6 Å². The van der Waals surface area contributed by atoms with E-state index in [1.54, 1.807) is 0 Å². The van der Waals surface area contributed by atoms with Crippen molar-refractivity contribution in [3.63, 3.8) is 0 Å². The largest absolute Gasteiger partial charge is 0.384 e. The second-order valence-electron chi connectivity index (χ2n) is 7.04. The zero-order chi connectivity index (χ0) is 16.4. The summed E-state index contributed by atoms with van der Waals surface area (Å²) < 4.78 is 0. The molecule has 1 aromatic heterocycles. The lowest BCUT2D eigenvalue weighted by molar-refractivity contribution is 0.414. The maximum absolute atomic E-state index is 6.04.